The van der Waals surface area contributed by atoms with Crippen molar-refractivity contribution in [1.29, 1.82) is 0 Å². The first-order valence-electron chi connectivity index (χ1n) is 10.3. The third-order valence-electron chi connectivity index (χ3n) is 5.26. The molecule has 33 heavy (non-hydrogen) atoms. The lowest BCUT2D eigenvalue weighted by atomic mass is 10.1. The van der Waals surface area contributed by atoms with Gasteiger partial charge in [-0.25, -0.2) is 18.3 Å². The Kier molecular flexibility index (Phi) is 6.46. The van der Waals surface area contributed by atoms with Crippen LogP contribution in [-0.2, 0) is 19.6 Å². The van der Waals surface area contributed by atoms with Crippen molar-refractivity contribution in [3.8, 4) is 5.69 Å². The Morgan fingerprint density at radius 3 is 1.64 bits per heavy atom. The van der Waals surface area contributed by atoms with Crippen LogP contribution in [0.15, 0.2) is 79.0 Å². The highest BCUT2D eigenvalue weighted by Gasteiger charge is 2.15. The molecule has 0 saturated heterocycles. The molecule has 0 bridgehead atoms. The fourth-order valence-corrected chi connectivity index (χ4v) is 3.59. The molecule has 3 aromatic carbocycles. The molecule has 4 aromatic rings. The predicted octanol–water partition coefficient (Wildman–Crippen LogP) is 4.63. The van der Waals surface area contributed by atoms with E-state index in [4.69, 9.17) is 10.8 Å². The first-order valence-corrected chi connectivity index (χ1v) is 10.3. The van der Waals surface area contributed by atoms with E-state index in [1.165, 1.54) is 35.1 Å². The predicted molar refractivity (Wildman–Crippen MR) is 121 cm³/mol. The largest absolute Gasteiger partial charge is 0.477 e. The zero-order valence-electron chi connectivity index (χ0n) is 17.7. The van der Waals surface area contributed by atoms with Gasteiger partial charge >= 0.3 is 5.97 Å². The topological polar surface area (TPSA) is 84.4 Å². The normalized spacial score (nSPS) is 11.1. The van der Waals surface area contributed by atoms with Gasteiger partial charge in [-0.2, -0.15) is 5.10 Å². The minimum atomic E-state index is -1.13. The summed E-state index contributed by atoms with van der Waals surface area (Å²) < 4.78 is 28.0. The second-order valence-electron chi connectivity index (χ2n) is 7.72. The highest BCUT2D eigenvalue weighted by atomic mass is 19.1. The van der Waals surface area contributed by atoms with E-state index >= 15 is 0 Å². The smallest absolute Gasteiger partial charge is 0.341 e. The van der Waals surface area contributed by atoms with Crippen molar-refractivity contribution in [3.05, 3.63) is 113 Å². The summed E-state index contributed by atoms with van der Waals surface area (Å²) in [6.45, 7) is 1.74. The summed E-state index contributed by atoms with van der Waals surface area (Å²) in [6, 6.07) is 20.2. The molecule has 1 aromatic heterocycles. The third kappa shape index (κ3) is 5.42. The molecule has 168 valence electrons. The Balaban J connectivity index is 1.53. The van der Waals surface area contributed by atoms with Gasteiger partial charge in [0, 0.05) is 19.6 Å². The number of carboxylic acid groups (broad SMARTS) is 1. The monoisotopic (exact) mass is 448 g/mol. The molecular formula is C25H22F2N4O2. The van der Waals surface area contributed by atoms with Crippen molar-refractivity contribution in [3.63, 3.8) is 0 Å². The van der Waals surface area contributed by atoms with E-state index in [0.29, 0.717) is 25.3 Å². The van der Waals surface area contributed by atoms with Crippen molar-refractivity contribution in [2.24, 2.45) is 0 Å². The molecule has 0 saturated carbocycles. The number of halogens is 2. The van der Waals surface area contributed by atoms with E-state index in [0.717, 1.165) is 16.7 Å². The lowest BCUT2D eigenvalue weighted by molar-refractivity contribution is 0.0698. The first kappa shape index (κ1) is 22.2. The molecule has 1 heterocycles. The number of hydrogen-bond donors (Lipinski definition) is 2. The molecule has 0 aliphatic heterocycles. The van der Waals surface area contributed by atoms with Crippen molar-refractivity contribution < 1.29 is 18.7 Å². The number of carbonyl (C=O) groups is 1. The maximum atomic E-state index is 13.3. The molecule has 0 radical (unpaired) electrons. The second kappa shape index (κ2) is 9.62. The Morgan fingerprint density at radius 2 is 1.24 bits per heavy atom. The fourth-order valence-electron chi connectivity index (χ4n) is 3.59. The van der Waals surface area contributed by atoms with E-state index in [9.17, 15) is 13.6 Å². The van der Waals surface area contributed by atoms with Crippen LogP contribution in [0.5, 0.6) is 0 Å². The maximum absolute atomic E-state index is 13.3. The van der Waals surface area contributed by atoms with Crippen LogP contribution in [0.1, 0.15) is 27.0 Å². The number of aromatic carboxylic acids is 1. The van der Waals surface area contributed by atoms with Crippen molar-refractivity contribution in [2.45, 2.75) is 19.6 Å². The Morgan fingerprint density at radius 1 is 0.818 bits per heavy atom. The molecule has 0 spiro atoms. The summed E-state index contributed by atoms with van der Waals surface area (Å²) >= 11 is 0. The third-order valence-corrected chi connectivity index (χ3v) is 5.26. The summed E-state index contributed by atoms with van der Waals surface area (Å²) in [4.78, 5) is 13.4. The van der Waals surface area contributed by atoms with Crippen LogP contribution in [0, 0.1) is 11.6 Å². The van der Waals surface area contributed by atoms with Gasteiger partial charge < -0.3 is 10.8 Å². The van der Waals surface area contributed by atoms with Crippen LogP contribution in [0.25, 0.3) is 5.69 Å². The van der Waals surface area contributed by atoms with Gasteiger partial charge in [-0.15, -0.1) is 0 Å². The summed E-state index contributed by atoms with van der Waals surface area (Å²) in [5.41, 5.74) is 9.42. The minimum absolute atomic E-state index is 0.0520. The Bertz CT molecular complexity index is 1190. The Hall–Kier alpha value is -4.04. The van der Waals surface area contributed by atoms with Crippen LogP contribution >= 0.6 is 0 Å². The molecule has 4 rings (SSSR count). The highest BCUT2D eigenvalue weighted by molar-refractivity contribution is 5.92. The summed E-state index contributed by atoms with van der Waals surface area (Å²) in [5, 5.41) is 13.2. The Labute approximate surface area is 189 Å². The highest BCUT2D eigenvalue weighted by Crippen LogP contribution is 2.20. The van der Waals surface area contributed by atoms with Crippen LogP contribution in [0.4, 0.5) is 14.6 Å². The lowest BCUT2D eigenvalue weighted by Crippen LogP contribution is -2.22. The average Bonchev–Trinajstić information content (AvgIpc) is 3.19. The van der Waals surface area contributed by atoms with Crippen LogP contribution in [-0.4, -0.2) is 25.8 Å². The van der Waals surface area contributed by atoms with Gasteiger partial charge in [0.15, 0.2) is 0 Å². The quantitative estimate of drug-likeness (QED) is 0.411. The minimum Gasteiger partial charge on any atom is -0.477 e. The van der Waals surface area contributed by atoms with E-state index in [2.05, 4.69) is 10.00 Å². The number of anilines is 1. The molecular weight excluding hydrogens is 426 g/mol. The van der Waals surface area contributed by atoms with E-state index < -0.39 is 5.97 Å². The number of nitrogen functional groups attached to an aromatic ring is 1. The van der Waals surface area contributed by atoms with Gasteiger partial charge in [0.05, 0.1) is 11.9 Å². The molecule has 3 N–H and O–H groups in total. The molecule has 0 amide bonds. The molecule has 0 aliphatic rings. The van der Waals surface area contributed by atoms with Crippen molar-refractivity contribution >= 4 is 11.8 Å². The number of nitrogens with zero attached hydrogens (tertiary/aromatic N) is 3. The van der Waals surface area contributed by atoms with Crippen molar-refractivity contribution in [1.82, 2.24) is 14.7 Å². The van der Waals surface area contributed by atoms with E-state index in [1.54, 1.807) is 24.3 Å². The number of carboxylic acids is 1. The molecule has 0 fully saturated rings. The van der Waals surface area contributed by atoms with Gasteiger partial charge in [0.2, 0.25) is 0 Å². The zero-order valence-corrected chi connectivity index (χ0v) is 17.7. The molecule has 0 aliphatic carbocycles. The summed E-state index contributed by atoms with van der Waals surface area (Å²) in [5.74, 6) is -1.65. The van der Waals surface area contributed by atoms with Gasteiger partial charge in [0.1, 0.15) is 23.0 Å². The average molecular weight is 448 g/mol. The van der Waals surface area contributed by atoms with E-state index in [1.807, 2.05) is 24.3 Å². The van der Waals surface area contributed by atoms with Crippen LogP contribution in [0.3, 0.4) is 0 Å². The summed E-state index contributed by atoms with van der Waals surface area (Å²) in [6.07, 6.45) is 1.22. The number of hydrogen-bond acceptors (Lipinski definition) is 4. The second-order valence-corrected chi connectivity index (χ2v) is 7.72. The van der Waals surface area contributed by atoms with Gasteiger partial charge in [-0.05, 0) is 53.1 Å². The van der Waals surface area contributed by atoms with Gasteiger partial charge in [-0.3, -0.25) is 4.90 Å². The van der Waals surface area contributed by atoms with E-state index in [-0.39, 0.29) is 23.0 Å². The van der Waals surface area contributed by atoms with Gasteiger partial charge in [0.25, 0.3) is 0 Å². The van der Waals surface area contributed by atoms with Crippen molar-refractivity contribution in [2.75, 3.05) is 5.73 Å². The lowest BCUT2D eigenvalue weighted by Gasteiger charge is -2.23. The zero-order chi connectivity index (χ0) is 23.4. The maximum Gasteiger partial charge on any atom is 0.341 e. The standard InChI is InChI=1S/C25H22F2N4O2/c26-20-7-1-17(2-8-20)14-30(15-18-3-9-21(27)10-4-18)16-19-5-11-22(12-6-19)31-24(28)23(13-29-31)25(32)33/h1-13H,14-16,28H2,(H,32,33). The fraction of sp³-hybridized carbons (Fsp3) is 0.120. The number of benzene rings is 3. The number of rotatable bonds is 8. The number of nitrogens with two attached hydrogens (primary N) is 1. The van der Waals surface area contributed by atoms with Gasteiger partial charge in [-0.1, -0.05) is 36.4 Å². The SMILES string of the molecule is Nc1c(C(=O)O)cnn1-c1ccc(CN(Cc2ccc(F)cc2)Cc2ccc(F)cc2)cc1. The molecule has 8 heteroatoms. The van der Waals surface area contributed by atoms with Crippen LogP contribution in [0.2, 0.25) is 0 Å². The molecule has 0 unspecified atom stereocenters. The first-order chi connectivity index (χ1) is 15.9. The van der Waals surface area contributed by atoms with Crippen LogP contribution < -0.4 is 5.73 Å². The summed E-state index contributed by atoms with van der Waals surface area (Å²) in [7, 11) is 0. The number of aromatic nitrogens is 2. The molecule has 0 atom stereocenters. The molecule has 6 nitrogen and oxygen atoms in total.